The van der Waals surface area contributed by atoms with Crippen LogP contribution in [0.1, 0.15) is 93.9 Å². The summed E-state index contributed by atoms with van der Waals surface area (Å²) in [6.07, 6.45) is -16.6. The van der Waals surface area contributed by atoms with E-state index in [0.717, 1.165) is 0 Å². The fourth-order valence-electron chi connectivity index (χ4n) is 5.57. The summed E-state index contributed by atoms with van der Waals surface area (Å²) in [4.78, 5) is 41.3. The van der Waals surface area contributed by atoms with Crippen LogP contribution in [-0.4, -0.2) is 68.0 Å². The van der Waals surface area contributed by atoms with Crippen LogP contribution in [0.2, 0.25) is 0 Å². The number of alkyl halides is 12. The molecule has 0 aromatic carbocycles. The number of hydrogen-bond donors (Lipinski definition) is 0. The van der Waals surface area contributed by atoms with E-state index >= 15 is 0 Å². The molecule has 10 nitrogen and oxygen atoms in total. The summed E-state index contributed by atoms with van der Waals surface area (Å²) in [6, 6.07) is 0. The van der Waals surface area contributed by atoms with Gasteiger partial charge in [-0.3, -0.25) is 9.59 Å². The van der Waals surface area contributed by atoms with E-state index < -0.39 is 59.9 Å². The molecule has 0 aliphatic carbocycles. The number of halogens is 12. The monoisotopic (exact) mass is 817 g/mol. The van der Waals surface area contributed by atoms with Crippen molar-refractivity contribution < 1.29 is 119 Å². The zero-order valence-electron chi connectivity index (χ0n) is 28.4. The van der Waals surface area contributed by atoms with E-state index in [2.05, 4.69) is 55.4 Å². The van der Waals surface area contributed by atoms with Crippen LogP contribution >= 0.6 is 0 Å². The van der Waals surface area contributed by atoms with Crippen LogP contribution in [0.25, 0.3) is 0 Å². The van der Waals surface area contributed by atoms with Crippen molar-refractivity contribution in [1.29, 1.82) is 0 Å². The van der Waals surface area contributed by atoms with Gasteiger partial charge >= 0.3 is 24.7 Å². The van der Waals surface area contributed by atoms with E-state index in [1.807, 2.05) is 0 Å². The van der Waals surface area contributed by atoms with Gasteiger partial charge in [0.2, 0.25) is 0 Å². The molecular formula is C28H38CoF12N2O8. The molecule has 0 aromatic heterocycles. The second kappa shape index (κ2) is 15.7. The van der Waals surface area contributed by atoms with Crippen LogP contribution in [0.4, 0.5) is 52.7 Å². The zero-order valence-corrected chi connectivity index (χ0v) is 29.5. The van der Waals surface area contributed by atoms with Crippen molar-refractivity contribution in [3.8, 4) is 0 Å². The Labute approximate surface area is 294 Å². The molecule has 0 atom stereocenters. The van der Waals surface area contributed by atoms with Crippen molar-refractivity contribution in [1.82, 2.24) is 0 Å². The summed E-state index contributed by atoms with van der Waals surface area (Å²) in [5.41, 5.74) is 0.451. The van der Waals surface area contributed by atoms with E-state index in [0.29, 0.717) is 9.62 Å². The first-order chi connectivity index (χ1) is 21.9. The molecule has 0 aromatic rings. The first kappa shape index (κ1) is 48.8. The van der Waals surface area contributed by atoms with Crippen LogP contribution in [0.5, 0.6) is 0 Å². The van der Waals surface area contributed by atoms with Gasteiger partial charge in [-0.05, 0) is 91.9 Å². The standard InChI is InChI=1S/2C9H18NO2.2C5H2F6O2.Co/c2*1-8(2)6-5-7-9(3,4)10(8)11-12-10;2*6-4(7,8)2(12)1-3(13)5(9,10)11;/h2*5-7H2,1-4H3;2*1,12H;/q2*+1;;;/p-2/b;;2*2-1-;. The van der Waals surface area contributed by atoms with E-state index in [-0.39, 0.29) is 38.9 Å². The first-order valence-electron chi connectivity index (χ1n) is 14.6. The third kappa shape index (κ3) is 11.9. The number of hydroxylamine groups is 8. The van der Waals surface area contributed by atoms with Crippen molar-refractivity contribution in [2.75, 3.05) is 0 Å². The molecule has 0 N–H and O–H groups in total. The van der Waals surface area contributed by atoms with E-state index in [4.69, 9.17) is 20.0 Å². The molecule has 4 aliphatic rings. The number of piperidine rings is 2. The van der Waals surface area contributed by atoms with Gasteiger partial charge in [0.25, 0.3) is 11.6 Å². The predicted octanol–water partition coefficient (Wildman–Crippen LogP) is 6.52. The average molecular weight is 818 g/mol. The Bertz CT molecular complexity index is 1160. The number of quaternary nitrogens is 2. The largest absolute Gasteiger partial charge is 0.869 e. The van der Waals surface area contributed by atoms with Crippen LogP contribution in [0, 0.1) is 0 Å². The summed E-state index contributed by atoms with van der Waals surface area (Å²) in [6.45, 7) is 17.7. The Balaban J connectivity index is 0.000000649. The Kier molecular flexibility index (Phi) is 15.0. The minimum absolute atomic E-state index is 0. The predicted molar refractivity (Wildman–Crippen MR) is 139 cm³/mol. The number of ketones is 2. The maximum atomic E-state index is 11.3. The molecule has 2 spiro atoms. The van der Waals surface area contributed by atoms with Crippen LogP contribution in [0.3, 0.4) is 0 Å². The molecule has 0 unspecified atom stereocenters. The number of allylic oxidation sites excluding steroid dienone is 4. The minimum Gasteiger partial charge on any atom is -0.869 e. The second-order valence-corrected chi connectivity index (χ2v) is 14.1. The number of rotatable bonds is 2. The molecule has 301 valence electrons. The number of hydrogen-bond acceptors (Lipinski definition) is 8. The summed E-state index contributed by atoms with van der Waals surface area (Å²) in [7, 11) is 0. The van der Waals surface area contributed by atoms with Crippen LogP contribution < -0.4 is 10.2 Å². The van der Waals surface area contributed by atoms with Gasteiger partial charge in [0.15, 0.2) is 22.2 Å². The third-order valence-corrected chi connectivity index (χ3v) is 8.43. The van der Waals surface area contributed by atoms with Crippen molar-refractivity contribution in [3.05, 3.63) is 23.7 Å². The topological polar surface area (TPSA) is 130 Å². The maximum Gasteiger partial charge on any atom is 0.454 e. The molecule has 0 saturated carbocycles. The van der Waals surface area contributed by atoms with E-state index in [1.54, 1.807) is 0 Å². The van der Waals surface area contributed by atoms with Gasteiger partial charge < -0.3 is 10.2 Å². The molecule has 4 rings (SSSR count). The van der Waals surface area contributed by atoms with Gasteiger partial charge in [-0.15, -0.1) is 0 Å². The Morgan fingerprint density at radius 2 is 0.686 bits per heavy atom. The van der Waals surface area contributed by atoms with Gasteiger partial charge in [-0.1, -0.05) is 0 Å². The molecule has 1 radical (unpaired) electrons. The normalized spacial score (nSPS) is 23.8. The molecule has 4 heterocycles. The van der Waals surface area contributed by atoms with E-state index in [9.17, 15) is 72.5 Å². The summed E-state index contributed by atoms with van der Waals surface area (Å²) >= 11 is 0. The fourth-order valence-corrected chi connectivity index (χ4v) is 5.57. The Morgan fingerprint density at radius 3 is 0.804 bits per heavy atom. The maximum absolute atomic E-state index is 11.3. The molecular weight excluding hydrogens is 779 g/mol. The third-order valence-electron chi connectivity index (χ3n) is 8.43. The van der Waals surface area contributed by atoms with Crippen molar-refractivity contribution in [3.63, 3.8) is 0 Å². The molecule has 4 aliphatic heterocycles. The quantitative estimate of drug-likeness (QED) is 0.0770. The molecule has 4 fully saturated rings. The fraction of sp³-hybridized carbons (Fsp3) is 0.786. The second-order valence-electron chi connectivity index (χ2n) is 14.1. The van der Waals surface area contributed by atoms with Gasteiger partial charge in [0.1, 0.15) is 0 Å². The van der Waals surface area contributed by atoms with Crippen molar-refractivity contribution >= 4 is 11.6 Å². The van der Waals surface area contributed by atoms with Gasteiger partial charge in [-0.2, -0.15) is 52.7 Å². The van der Waals surface area contributed by atoms with Crippen molar-refractivity contribution in [2.45, 2.75) is 141 Å². The SMILES string of the molecule is CC1(C)CCCC(C)(C)[N+]12OO2.CC1(C)CCCC(C)(C)[N+]12OO2.O=C(/C=C(\[O-])C(F)(F)F)C(F)(F)F.O=C(/C=C(\[O-])C(F)(F)F)C(F)(F)F.[Co]. The molecule has 0 bridgehead atoms. The zero-order chi connectivity index (χ0) is 39.8. The summed E-state index contributed by atoms with van der Waals surface area (Å²) < 4.78 is 136. The van der Waals surface area contributed by atoms with Gasteiger partial charge in [0, 0.05) is 52.1 Å². The van der Waals surface area contributed by atoms with Crippen molar-refractivity contribution in [2.24, 2.45) is 0 Å². The smallest absolute Gasteiger partial charge is 0.454 e. The molecule has 4 saturated heterocycles. The molecule has 51 heavy (non-hydrogen) atoms. The van der Waals surface area contributed by atoms with E-state index in [1.165, 1.54) is 38.5 Å². The summed E-state index contributed by atoms with van der Waals surface area (Å²) in [5.74, 6) is -11.3. The number of carbonyl (C=O) groups is 2. The molecule has 23 heteroatoms. The van der Waals surface area contributed by atoms with Crippen LogP contribution in [-0.2, 0) is 46.3 Å². The minimum atomic E-state index is -5.46. The average Bonchev–Trinajstić information content (AvgIpc) is 3.79. The van der Waals surface area contributed by atoms with Gasteiger partial charge in [0.05, 0.1) is 20.0 Å². The van der Waals surface area contributed by atoms with Crippen LogP contribution in [0.15, 0.2) is 23.7 Å². The Morgan fingerprint density at radius 1 is 0.490 bits per heavy atom. The first-order valence-corrected chi connectivity index (χ1v) is 14.6. The van der Waals surface area contributed by atoms with Gasteiger partial charge in [-0.25, -0.2) is 0 Å². The Hall–Kier alpha value is -2.15. The summed E-state index contributed by atoms with van der Waals surface area (Å²) in [5, 5.41) is 19.6. The number of nitrogens with zero attached hydrogens (tertiary/aromatic N) is 2. The number of carbonyl (C=O) groups excluding carboxylic acids is 2. The molecule has 0 amide bonds.